The van der Waals surface area contributed by atoms with Crippen LogP contribution in [0.1, 0.15) is 45.4 Å². The van der Waals surface area contributed by atoms with Gasteiger partial charge in [-0.05, 0) is 55.8 Å². The molecule has 0 spiro atoms. The smallest absolute Gasteiger partial charge is 0.0771 e. The van der Waals surface area contributed by atoms with Gasteiger partial charge in [0.1, 0.15) is 0 Å². The van der Waals surface area contributed by atoms with E-state index < -0.39 is 0 Å². The van der Waals surface area contributed by atoms with Crippen LogP contribution in [-0.2, 0) is 4.74 Å². The number of fused-ring (bicyclic) bond motifs is 5. The highest BCUT2D eigenvalue weighted by atomic mass is 16.5. The van der Waals surface area contributed by atoms with Gasteiger partial charge in [0.2, 0.25) is 0 Å². The Hall–Kier alpha value is -0.0800. The molecule has 3 aliphatic carbocycles. The van der Waals surface area contributed by atoms with Gasteiger partial charge in [0.25, 0.3) is 0 Å². The van der Waals surface area contributed by atoms with Crippen molar-refractivity contribution < 1.29 is 9.84 Å². The molecule has 1 N–H and O–H groups in total. The topological polar surface area (TPSA) is 29.5 Å². The second-order valence-electron chi connectivity index (χ2n) is 6.09. The van der Waals surface area contributed by atoms with Crippen LogP contribution in [0, 0.1) is 23.7 Å². The van der Waals surface area contributed by atoms with Gasteiger partial charge in [-0.1, -0.05) is 13.3 Å². The molecule has 3 aliphatic rings. The van der Waals surface area contributed by atoms with Crippen molar-refractivity contribution in [1.29, 1.82) is 0 Å². The van der Waals surface area contributed by atoms with Gasteiger partial charge in [-0.25, -0.2) is 0 Å². The second kappa shape index (κ2) is 4.30. The Bertz CT molecular complexity index is 253. The first-order valence-corrected chi connectivity index (χ1v) is 7.09. The van der Waals surface area contributed by atoms with Gasteiger partial charge in [0.15, 0.2) is 0 Å². The molecule has 6 atom stereocenters. The Balaban J connectivity index is 1.56. The minimum atomic E-state index is -0.251. The lowest BCUT2D eigenvalue weighted by Crippen LogP contribution is -2.32. The number of ether oxygens (including phenoxy) is 1. The van der Waals surface area contributed by atoms with Crippen molar-refractivity contribution in [3.8, 4) is 0 Å². The van der Waals surface area contributed by atoms with E-state index in [9.17, 15) is 5.11 Å². The van der Waals surface area contributed by atoms with Crippen LogP contribution in [0.4, 0.5) is 0 Å². The van der Waals surface area contributed by atoms with Gasteiger partial charge in [0, 0.05) is 0 Å². The van der Waals surface area contributed by atoms with Crippen LogP contribution in [0.25, 0.3) is 0 Å². The molecule has 0 heterocycles. The highest BCUT2D eigenvalue weighted by molar-refractivity contribution is 5.03. The van der Waals surface area contributed by atoms with Crippen LogP contribution in [-0.4, -0.2) is 23.9 Å². The number of rotatable bonds is 4. The maximum absolute atomic E-state index is 9.55. The molecular formula is C14H24O2. The summed E-state index contributed by atoms with van der Waals surface area (Å²) in [5.41, 5.74) is 0. The van der Waals surface area contributed by atoms with Gasteiger partial charge in [0.05, 0.1) is 18.8 Å². The van der Waals surface area contributed by atoms with E-state index in [2.05, 4.69) is 0 Å². The third-order valence-electron chi connectivity index (χ3n) is 5.34. The van der Waals surface area contributed by atoms with Crippen molar-refractivity contribution >= 4 is 0 Å². The van der Waals surface area contributed by atoms with Gasteiger partial charge < -0.3 is 9.84 Å². The number of aliphatic hydroxyl groups excluding tert-OH is 1. The minimum Gasteiger partial charge on any atom is -0.391 e. The van der Waals surface area contributed by atoms with E-state index in [1.165, 1.54) is 32.1 Å². The van der Waals surface area contributed by atoms with Crippen LogP contribution in [0.2, 0.25) is 0 Å². The van der Waals surface area contributed by atoms with Crippen molar-refractivity contribution in [3.05, 3.63) is 0 Å². The molecule has 92 valence electrons. The summed E-state index contributed by atoms with van der Waals surface area (Å²) >= 11 is 0. The predicted molar refractivity (Wildman–Crippen MR) is 63.1 cm³/mol. The highest BCUT2D eigenvalue weighted by Gasteiger charge is 2.54. The van der Waals surface area contributed by atoms with Crippen molar-refractivity contribution in [2.75, 3.05) is 6.61 Å². The molecule has 2 bridgehead atoms. The lowest BCUT2D eigenvalue weighted by molar-refractivity contribution is -0.0487. The Morgan fingerprint density at radius 2 is 2.00 bits per heavy atom. The zero-order valence-electron chi connectivity index (χ0n) is 10.3. The monoisotopic (exact) mass is 224 g/mol. The van der Waals surface area contributed by atoms with E-state index >= 15 is 0 Å². The first-order chi connectivity index (χ1) is 7.79. The molecule has 6 unspecified atom stereocenters. The summed E-state index contributed by atoms with van der Waals surface area (Å²) in [6.45, 7) is 2.57. The number of hydrogen-bond acceptors (Lipinski definition) is 2. The lowest BCUT2D eigenvalue weighted by atomic mass is 9.80. The van der Waals surface area contributed by atoms with Gasteiger partial charge >= 0.3 is 0 Å². The van der Waals surface area contributed by atoms with E-state index in [-0.39, 0.29) is 6.10 Å². The fraction of sp³-hybridized carbons (Fsp3) is 1.00. The molecule has 0 saturated heterocycles. The van der Waals surface area contributed by atoms with E-state index in [0.717, 1.165) is 30.1 Å². The summed E-state index contributed by atoms with van der Waals surface area (Å²) in [6.07, 6.45) is 8.12. The Morgan fingerprint density at radius 1 is 1.19 bits per heavy atom. The van der Waals surface area contributed by atoms with Crippen LogP contribution >= 0.6 is 0 Å². The largest absolute Gasteiger partial charge is 0.391 e. The van der Waals surface area contributed by atoms with Crippen molar-refractivity contribution in [2.45, 2.75) is 57.7 Å². The molecule has 0 aromatic carbocycles. The molecule has 0 aromatic heterocycles. The normalized spacial score (nSPS) is 47.2. The quantitative estimate of drug-likeness (QED) is 0.795. The van der Waals surface area contributed by atoms with Crippen molar-refractivity contribution in [2.24, 2.45) is 23.7 Å². The molecule has 3 rings (SSSR count). The summed E-state index contributed by atoms with van der Waals surface area (Å²) in [6, 6.07) is 0. The Kier molecular flexibility index (Phi) is 2.97. The molecular weight excluding hydrogens is 200 g/mol. The van der Waals surface area contributed by atoms with Crippen LogP contribution in [0.3, 0.4) is 0 Å². The van der Waals surface area contributed by atoms with Crippen molar-refractivity contribution in [3.63, 3.8) is 0 Å². The summed E-state index contributed by atoms with van der Waals surface area (Å²) in [4.78, 5) is 0. The molecule has 3 fully saturated rings. The lowest BCUT2D eigenvalue weighted by Gasteiger charge is -2.31. The highest BCUT2D eigenvalue weighted by Crippen LogP contribution is 2.59. The fourth-order valence-electron chi connectivity index (χ4n) is 4.55. The molecule has 2 nitrogen and oxygen atoms in total. The molecule has 3 saturated carbocycles. The third-order valence-corrected chi connectivity index (χ3v) is 5.34. The molecule has 0 amide bonds. The molecule has 0 aliphatic heterocycles. The first-order valence-electron chi connectivity index (χ1n) is 7.09. The summed E-state index contributed by atoms with van der Waals surface area (Å²) in [5, 5.41) is 9.55. The molecule has 0 aromatic rings. The van der Waals surface area contributed by atoms with Gasteiger partial charge in [-0.15, -0.1) is 0 Å². The summed E-state index contributed by atoms with van der Waals surface area (Å²) in [7, 11) is 0. The fourth-order valence-corrected chi connectivity index (χ4v) is 4.55. The van der Waals surface area contributed by atoms with Crippen LogP contribution < -0.4 is 0 Å². The van der Waals surface area contributed by atoms with E-state index in [4.69, 9.17) is 4.74 Å². The zero-order chi connectivity index (χ0) is 11.1. The second-order valence-corrected chi connectivity index (χ2v) is 6.09. The average molecular weight is 224 g/mol. The number of aliphatic hydroxyl groups is 1. The first kappa shape index (κ1) is 11.0. The van der Waals surface area contributed by atoms with E-state index in [0.29, 0.717) is 12.7 Å². The van der Waals surface area contributed by atoms with E-state index in [1.54, 1.807) is 0 Å². The molecule has 0 radical (unpaired) electrons. The third kappa shape index (κ3) is 1.70. The molecule has 16 heavy (non-hydrogen) atoms. The SMILES string of the molecule is CCC(O)COC1CC2CC1C1CCCC21. The Morgan fingerprint density at radius 3 is 2.81 bits per heavy atom. The Labute approximate surface area is 98.4 Å². The maximum Gasteiger partial charge on any atom is 0.0771 e. The standard InChI is InChI=1S/C14H24O2/c1-2-10(15)8-16-14-7-9-6-13(14)12-5-3-4-11(9)12/h9-15H,2-8H2,1H3. The zero-order valence-corrected chi connectivity index (χ0v) is 10.3. The average Bonchev–Trinajstić information content (AvgIpc) is 2.96. The van der Waals surface area contributed by atoms with E-state index in [1.807, 2.05) is 6.92 Å². The minimum absolute atomic E-state index is 0.251. The van der Waals surface area contributed by atoms with Gasteiger partial charge in [-0.3, -0.25) is 0 Å². The van der Waals surface area contributed by atoms with Crippen LogP contribution in [0.15, 0.2) is 0 Å². The predicted octanol–water partition coefficient (Wildman–Crippen LogP) is 2.60. The summed E-state index contributed by atoms with van der Waals surface area (Å²) in [5.74, 6) is 3.81. The van der Waals surface area contributed by atoms with Crippen LogP contribution in [0.5, 0.6) is 0 Å². The molecule has 2 heteroatoms. The number of hydrogen-bond donors (Lipinski definition) is 1. The van der Waals surface area contributed by atoms with Crippen molar-refractivity contribution in [1.82, 2.24) is 0 Å². The van der Waals surface area contributed by atoms with Gasteiger partial charge in [-0.2, -0.15) is 0 Å². The maximum atomic E-state index is 9.55. The summed E-state index contributed by atoms with van der Waals surface area (Å²) < 4.78 is 5.95.